The molecule has 198 valence electrons. The highest BCUT2D eigenvalue weighted by Gasteiger charge is 2.94. The molecule has 0 N–H and O–H groups in total. The number of amides is 1. The summed E-state index contributed by atoms with van der Waals surface area (Å²) in [6.07, 6.45) is -6.47. The Bertz CT molecular complexity index is 683. The van der Waals surface area contributed by atoms with Gasteiger partial charge in [0.25, 0.3) is 5.91 Å². The molecule has 2 nitrogen and oxygen atoms in total. The first-order chi connectivity index (χ1) is 14.4. The summed E-state index contributed by atoms with van der Waals surface area (Å²) < 4.78 is 212. The molecule has 0 aromatic heterocycles. The molecule has 0 saturated heterocycles. The molecule has 0 radical (unpaired) electrons. The lowest BCUT2D eigenvalue weighted by Gasteiger charge is -2.42. The van der Waals surface area contributed by atoms with Gasteiger partial charge in [0.15, 0.2) is 0 Å². The summed E-state index contributed by atoms with van der Waals surface area (Å²) in [5.74, 6) is -59.1. The van der Waals surface area contributed by atoms with Gasteiger partial charge in [-0.1, -0.05) is 13.8 Å². The summed E-state index contributed by atoms with van der Waals surface area (Å²) >= 11 is 0. The van der Waals surface area contributed by atoms with Crippen molar-refractivity contribution >= 4 is 5.91 Å². The fourth-order valence-electron chi connectivity index (χ4n) is 2.32. The maximum absolute atomic E-state index is 13.9. The van der Waals surface area contributed by atoms with Crippen molar-refractivity contribution in [3.8, 4) is 0 Å². The summed E-state index contributed by atoms with van der Waals surface area (Å²) in [6.45, 7) is 0.603. The van der Waals surface area contributed by atoms with Crippen molar-refractivity contribution in [3.05, 3.63) is 0 Å². The van der Waals surface area contributed by atoms with Crippen LogP contribution in [0.2, 0.25) is 0 Å². The minimum atomic E-state index is -8.50. The second-order valence-electron chi connectivity index (χ2n) is 6.66. The second kappa shape index (κ2) is 9.19. The minimum Gasteiger partial charge on any atom is -0.337 e. The fraction of sp³-hybridized carbons (Fsp3) is 0.933. The van der Waals surface area contributed by atoms with E-state index in [4.69, 9.17) is 0 Å². The summed E-state index contributed by atoms with van der Waals surface area (Å²) in [5, 5.41) is 0. The highest BCUT2D eigenvalue weighted by Crippen LogP contribution is 2.62. The van der Waals surface area contributed by atoms with E-state index in [9.17, 15) is 75.0 Å². The molecule has 18 heteroatoms. The Hall–Kier alpha value is -1.65. The SMILES string of the molecule is CCCN(CCC)C(=O)C(F)(F)C(F)(F)C(F)(F)C(F)(F)C(F)(F)C(F)(F)C(F)(F)C(F)F. The van der Waals surface area contributed by atoms with Crippen LogP contribution in [0, 0.1) is 0 Å². The van der Waals surface area contributed by atoms with Crippen LogP contribution < -0.4 is 0 Å². The maximum Gasteiger partial charge on any atom is 0.392 e. The zero-order valence-corrected chi connectivity index (χ0v) is 16.3. The van der Waals surface area contributed by atoms with E-state index in [2.05, 4.69) is 0 Å². The molecule has 0 saturated carbocycles. The van der Waals surface area contributed by atoms with Crippen molar-refractivity contribution in [1.82, 2.24) is 4.90 Å². The van der Waals surface area contributed by atoms with Crippen molar-refractivity contribution in [1.29, 1.82) is 0 Å². The van der Waals surface area contributed by atoms with Crippen LogP contribution >= 0.6 is 0 Å². The molecule has 0 bridgehead atoms. The van der Waals surface area contributed by atoms with Crippen LogP contribution in [0.5, 0.6) is 0 Å². The second-order valence-corrected chi connectivity index (χ2v) is 6.66. The van der Waals surface area contributed by atoms with Gasteiger partial charge in [-0.3, -0.25) is 4.79 Å². The van der Waals surface area contributed by atoms with Gasteiger partial charge in [-0.25, -0.2) is 8.78 Å². The fourth-order valence-corrected chi connectivity index (χ4v) is 2.32. The third-order valence-corrected chi connectivity index (χ3v) is 4.21. The summed E-state index contributed by atoms with van der Waals surface area (Å²) in [7, 11) is 0. The Morgan fingerprint density at radius 1 is 0.606 bits per heavy atom. The predicted octanol–water partition coefficient (Wildman–Crippen LogP) is 6.35. The molecule has 0 aliphatic carbocycles. The van der Waals surface area contributed by atoms with Gasteiger partial charge in [0.05, 0.1) is 0 Å². The molecule has 0 heterocycles. The van der Waals surface area contributed by atoms with E-state index in [-0.39, 0.29) is 17.7 Å². The van der Waals surface area contributed by atoms with Crippen LogP contribution in [0.3, 0.4) is 0 Å². The lowest BCUT2D eigenvalue weighted by Crippen LogP contribution is -2.74. The molecule has 0 atom stereocenters. The standard InChI is InChI=1S/C15H15F16NO/c1-3-5-32(6-4-2)8(33)10(20,21)12(24,25)14(28,29)15(30,31)13(26,27)11(22,23)9(18,19)7(16)17/h7H,3-6H2,1-2H3. The Morgan fingerprint density at radius 3 is 1.21 bits per heavy atom. The van der Waals surface area contributed by atoms with E-state index < -0.39 is 66.9 Å². The monoisotopic (exact) mass is 529 g/mol. The molecule has 0 aromatic carbocycles. The number of hydrogen-bond donors (Lipinski definition) is 0. The average Bonchev–Trinajstić information content (AvgIpc) is 2.65. The van der Waals surface area contributed by atoms with Crippen molar-refractivity contribution in [3.63, 3.8) is 0 Å². The molecule has 0 unspecified atom stereocenters. The predicted molar refractivity (Wildman–Crippen MR) is 77.8 cm³/mol. The number of carbonyl (C=O) groups is 1. The van der Waals surface area contributed by atoms with E-state index in [1.54, 1.807) is 0 Å². The van der Waals surface area contributed by atoms with E-state index in [0.29, 0.717) is 0 Å². The van der Waals surface area contributed by atoms with Gasteiger partial charge < -0.3 is 4.90 Å². The number of hydrogen-bond acceptors (Lipinski definition) is 1. The van der Waals surface area contributed by atoms with Gasteiger partial charge in [0.1, 0.15) is 0 Å². The van der Waals surface area contributed by atoms with Gasteiger partial charge >= 0.3 is 47.9 Å². The third-order valence-electron chi connectivity index (χ3n) is 4.21. The van der Waals surface area contributed by atoms with Crippen LogP contribution in [0.25, 0.3) is 0 Å². The van der Waals surface area contributed by atoms with Gasteiger partial charge in [0, 0.05) is 13.1 Å². The topological polar surface area (TPSA) is 20.3 Å². The molecule has 1 amide bonds. The van der Waals surface area contributed by atoms with Crippen LogP contribution in [0.4, 0.5) is 70.2 Å². The third kappa shape index (κ3) is 4.41. The van der Waals surface area contributed by atoms with Gasteiger partial charge in [-0.2, -0.15) is 61.5 Å². The normalized spacial score (nSPS) is 15.2. The zero-order chi connectivity index (χ0) is 27.1. The van der Waals surface area contributed by atoms with E-state index in [1.807, 2.05) is 0 Å². The lowest BCUT2D eigenvalue weighted by atomic mass is 9.89. The highest BCUT2D eigenvalue weighted by molar-refractivity contribution is 5.85. The first-order valence-electron chi connectivity index (χ1n) is 8.60. The Labute approximate surface area is 174 Å². The van der Waals surface area contributed by atoms with Crippen molar-refractivity contribution in [2.24, 2.45) is 0 Å². The quantitative estimate of drug-likeness (QED) is 0.270. The smallest absolute Gasteiger partial charge is 0.337 e. The largest absolute Gasteiger partial charge is 0.392 e. The van der Waals surface area contributed by atoms with Crippen LogP contribution in [-0.4, -0.2) is 71.8 Å². The van der Waals surface area contributed by atoms with Gasteiger partial charge in [-0.05, 0) is 12.8 Å². The summed E-state index contributed by atoms with van der Waals surface area (Å²) in [6, 6.07) is 0. The molecule has 0 spiro atoms. The summed E-state index contributed by atoms with van der Waals surface area (Å²) in [5.41, 5.74) is 0. The molecule has 0 rings (SSSR count). The zero-order valence-electron chi connectivity index (χ0n) is 16.3. The molecule has 0 fully saturated rings. The minimum absolute atomic E-state index is 0.250. The maximum atomic E-state index is 13.9. The molecule has 0 aliphatic rings. The molecular weight excluding hydrogens is 514 g/mol. The van der Waals surface area contributed by atoms with Crippen molar-refractivity contribution < 1.29 is 75.0 Å². The summed E-state index contributed by atoms with van der Waals surface area (Å²) in [4.78, 5) is 11.4. The Kier molecular flexibility index (Phi) is 8.73. The number of alkyl halides is 16. The van der Waals surface area contributed by atoms with Crippen molar-refractivity contribution in [2.45, 2.75) is 74.6 Å². The number of carbonyl (C=O) groups excluding carboxylic acids is 1. The van der Waals surface area contributed by atoms with E-state index in [0.717, 1.165) is 13.8 Å². The molecule has 0 aromatic rings. The molecule has 0 aliphatic heterocycles. The average molecular weight is 529 g/mol. The van der Waals surface area contributed by atoms with E-state index in [1.165, 1.54) is 0 Å². The lowest BCUT2D eigenvalue weighted by molar-refractivity contribution is -0.444. The molecular formula is C15H15F16NO. The Balaban J connectivity index is 6.70. The van der Waals surface area contributed by atoms with Crippen molar-refractivity contribution in [2.75, 3.05) is 13.1 Å². The van der Waals surface area contributed by atoms with Gasteiger partial charge in [-0.15, -0.1) is 0 Å². The first kappa shape index (κ1) is 31.4. The number of rotatable bonds is 12. The number of nitrogens with zero attached hydrogens (tertiary/aromatic N) is 1. The number of halogens is 16. The van der Waals surface area contributed by atoms with E-state index >= 15 is 0 Å². The first-order valence-corrected chi connectivity index (χ1v) is 8.60. The van der Waals surface area contributed by atoms with Crippen LogP contribution in [-0.2, 0) is 4.79 Å². The highest BCUT2D eigenvalue weighted by atomic mass is 19.4. The van der Waals surface area contributed by atoms with Gasteiger partial charge in [0.2, 0.25) is 0 Å². The Morgan fingerprint density at radius 2 is 0.909 bits per heavy atom. The van der Waals surface area contributed by atoms with Crippen LogP contribution in [0.1, 0.15) is 26.7 Å². The molecule has 33 heavy (non-hydrogen) atoms. The van der Waals surface area contributed by atoms with Crippen LogP contribution in [0.15, 0.2) is 0 Å².